The maximum absolute atomic E-state index is 13.7. The van der Waals surface area contributed by atoms with Crippen molar-refractivity contribution >= 4 is 11.7 Å². The van der Waals surface area contributed by atoms with Crippen LogP contribution in [0, 0.1) is 11.7 Å². The van der Waals surface area contributed by atoms with Gasteiger partial charge in [0.1, 0.15) is 5.56 Å². The number of nitrogens with zero attached hydrogens (tertiary/aromatic N) is 2. The molecule has 1 aromatic heterocycles. The molecule has 0 saturated carbocycles. The summed E-state index contributed by atoms with van der Waals surface area (Å²) in [5.41, 5.74) is 0.824. The van der Waals surface area contributed by atoms with E-state index in [2.05, 4.69) is 10.5 Å². The smallest absolute Gasteiger partial charge is 0.259 e. The van der Waals surface area contributed by atoms with Crippen LogP contribution >= 0.6 is 0 Å². The summed E-state index contributed by atoms with van der Waals surface area (Å²) >= 11 is 0. The number of carbonyl (C=O) groups is 1. The van der Waals surface area contributed by atoms with Crippen LogP contribution in [0.2, 0.25) is 0 Å². The fourth-order valence-corrected chi connectivity index (χ4v) is 3.08. The summed E-state index contributed by atoms with van der Waals surface area (Å²) in [5.74, 6) is 0.265. The maximum atomic E-state index is 13.7. The first-order valence-corrected chi connectivity index (χ1v) is 8.88. The van der Waals surface area contributed by atoms with Crippen molar-refractivity contribution in [2.75, 3.05) is 45.9 Å². The zero-order valence-electron chi connectivity index (χ0n) is 15.8. The minimum absolute atomic E-state index is 0.0704. The van der Waals surface area contributed by atoms with Crippen LogP contribution in [0.25, 0.3) is 11.3 Å². The summed E-state index contributed by atoms with van der Waals surface area (Å²) in [5, 5.41) is 6.97. The van der Waals surface area contributed by atoms with Crippen molar-refractivity contribution < 1.29 is 23.2 Å². The minimum Gasteiger partial charge on any atom is -0.494 e. The van der Waals surface area contributed by atoms with E-state index in [1.54, 1.807) is 19.0 Å². The van der Waals surface area contributed by atoms with E-state index in [1.807, 2.05) is 0 Å². The summed E-state index contributed by atoms with van der Waals surface area (Å²) in [4.78, 5) is 14.6. The molecule has 1 amide bonds. The van der Waals surface area contributed by atoms with Gasteiger partial charge >= 0.3 is 0 Å². The van der Waals surface area contributed by atoms with E-state index >= 15 is 0 Å². The van der Waals surface area contributed by atoms with Gasteiger partial charge in [0.15, 0.2) is 23.1 Å². The fourth-order valence-electron chi connectivity index (χ4n) is 3.08. The molecule has 3 rings (SSSR count). The van der Waals surface area contributed by atoms with E-state index in [4.69, 9.17) is 14.0 Å². The number of amides is 1. The monoisotopic (exact) mass is 377 g/mol. The Labute approximate surface area is 157 Å². The average molecular weight is 377 g/mol. The molecule has 1 fully saturated rings. The molecule has 0 bridgehead atoms. The number of hydrogen-bond acceptors (Lipinski definition) is 6. The number of anilines is 1. The highest BCUT2D eigenvalue weighted by molar-refractivity contribution is 6.04. The van der Waals surface area contributed by atoms with Crippen molar-refractivity contribution in [3.05, 3.63) is 29.6 Å². The number of carbonyl (C=O) groups excluding carboxylic acids is 1. The van der Waals surface area contributed by atoms with Gasteiger partial charge in [-0.05, 0) is 37.0 Å². The number of nitrogens with one attached hydrogen (secondary N) is 1. The standard InChI is InChI=1S/C19H24FN3O4/c1-23(2)18-16(19(24)21-10-12-5-4-8-26-11-12)17(27-22-18)13-6-7-14(20)15(9-13)25-3/h6-7,9,12H,4-5,8,10-11H2,1-3H3,(H,21,24). The molecule has 1 atom stereocenters. The van der Waals surface area contributed by atoms with E-state index in [0.717, 1.165) is 19.4 Å². The molecule has 146 valence electrons. The predicted octanol–water partition coefficient (Wildman–Crippen LogP) is 2.71. The Morgan fingerprint density at radius 2 is 2.26 bits per heavy atom. The number of halogens is 1. The van der Waals surface area contributed by atoms with E-state index in [0.29, 0.717) is 36.0 Å². The highest BCUT2D eigenvalue weighted by Crippen LogP contribution is 2.33. The predicted molar refractivity (Wildman–Crippen MR) is 98.7 cm³/mol. The van der Waals surface area contributed by atoms with Crippen LogP contribution in [0.5, 0.6) is 5.75 Å². The van der Waals surface area contributed by atoms with Crippen LogP contribution in [0.3, 0.4) is 0 Å². The molecule has 8 heteroatoms. The molecule has 27 heavy (non-hydrogen) atoms. The molecule has 1 aliphatic heterocycles. The number of benzene rings is 1. The van der Waals surface area contributed by atoms with Gasteiger partial charge in [-0.15, -0.1) is 0 Å². The number of aromatic nitrogens is 1. The first-order chi connectivity index (χ1) is 13.0. The molecular weight excluding hydrogens is 353 g/mol. The largest absolute Gasteiger partial charge is 0.494 e. The maximum Gasteiger partial charge on any atom is 0.259 e. The van der Waals surface area contributed by atoms with Gasteiger partial charge in [0.05, 0.1) is 13.7 Å². The molecule has 1 N–H and O–H groups in total. The normalized spacial score (nSPS) is 16.8. The summed E-state index contributed by atoms with van der Waals surface area (Å²) in [6.45, 7) is 1.94. The second kappa shape index (κ2) is 8.39. The van der Waals surface area contributed by atoms with E-state index < -0.39 is 5.82 Å². The third-order valence-electron chi connectivity index (χ3n) is 4.54. The molecule has 1 aromatic carbocycles. The molecule has 1 saturated heterocycles. The summed E-state index contributed by atoms with van der Waals surface area (Å²) in [6.07, 6.45) is 2.02. The van der Waals surface area contributed by atoms with Crippen molar-refractivity contribution in [2.45, 2.75) is 12.8 Å². The van der Waals surface area contributed by atoms with Gasteiger partial charge < -0.3 is 24.2 Å². The number of ether oxygens (including phenoxy) is 2. The van der Waals surface area contributed by atoms with Crippen molar-refractivity contribution in [3.8, 4) is 17.1 Å². The van der Waals surface area contributed by atoms with Gasteiger partial charge in [-0.25, -0.2) is 4.39 Å². The lowest BCUT2D eigenvalue weighted by Gasteiger charge is -2.22. The molecule has 0 spiro atoms. The van der Waals surface area contributed by atoms with Crippen molar-refractivity contribution in [3.63, 3.8) is 0 Å². The van der Waals surface area contributed by atoms with Crippen LogP contribution in [0.15, 0.2) is 22.7 Å². The van der Waals surface area contributed by atoms with Gasteiger partial charge in [0.2, 0.25) is 0 Å². The number of hydrogen-bond donors (Lipinski definition) is 1. The number of methoxy groups -OCH3 is 1. The Hall–Kier alpha value is -2.61. The Morgan fingerprint density at radius 3 is 2.93 bits per heavy atom. The lowest BCUT2D eigenvalue weighted by atomic mass is 10.0. The SMILES string of the molecule is COc1cc(-c2onc(N(C)C)c2C(=O)NCC2CCCOC2)ccc1F. The molecule has 0 radical (unpaired) electrons. The first kappa shape index (κ1) is 19.2. The lowest BCUT2D eigenvalue weighted by molar-refractivity contribution is 0.0536. The van der Waals surface area contributed by atoms with Gasteiger partial charge in [0.25, 0.3) is 5.91 Å². The molecule has 1 aliphatic rings. The van der Waals surface area contributed by atoms with Crippen LogP contribution < -0.4 is 15.0 Å². The van der Waals surface area contributed by atoms with Crippen molar-refractivity contribution in [1.82, 2.24) is 10.5 Å². The summed E-state index contributed by atoms with van der Waals surface area (Å²) < 4.78 is 29.7. The molecule has 2 aromatic rings. The van der Waals surface area contributed by atoms with Crippen LogP contribution in [0.4, 0.5) is 10.2 Å². The molecule has 0 aliphatic carbocycles. The summed E-state index contributed by atoms with van der Waals surface area (Å²) in [6, 6.07) is 4.29. The quantitative estimate of drug-likeness (QED) is 0.834. The van der Waals surface area contributed by atoms with Crippen LogP contribution in [-0.2, 0) is 4.74 Å². The van der Waals surface area contributed by atoms with Gasteiger partial charge in [-0.2, -0.15) is 0 Å². The van der Waals surface area contributed by atoms with Crippen molar-refractivity contribution in [2.24, 2.45) is 5.92 Å². The van der Waals surface area contributed by atoms with Crippen molar-refractivity contribution in [1.29, 1.82) is 0 Å². The second-order valence-corrected chi connectivity index (χ2v) is 6.75. The van der Waals surface area contributed by atoms with E-state index in [-0.39, 0.29) is 17.4 Å². The van der Waals surface area contributed by atoms with Crippen LogP contribution in [0.1, 0.15) is 23.2 Å². The minimum atomic E-state index is -0.489. The Bertz CT molecular complexity index is 800. The summed E-state index contributed by atoms with van der Waals surface area (Å²) in [7, 11) is 4.94. The Balaban J connectivity index is 1.88. The molecule has 7 nitrogen and oxygen atoms in total. The fraction of sp³-hybridized carbons (Fsp3) is 0.474. The highest BCUT2D eigenvalue weighted by Gasteiger charge is 2.27. The van der Waals surface area contributed by atoms with Crippen LogP contribution in [-0.4, -0.2) is 52.0 Å². The number of rotatable bonds is 6. The molecule has 2 heterocycles. The second-order valence-electron chi connectivity index (χ2n) is 6.75. The zero-order valence-corrected chi connectivity index (χ0v) is 15.8. The van der Waals surface area contributed by atoms with Gasteiger partial charge in [-0.3, -0.25) is 4.79 Å². The highest BCUT2D eigenvalue weighted by atomic mass is 19.1. The Morgan fingerprint density at radius 1 is 1.44 bits per heavy atom. The average Bonchev–Trinajstić information content (AvgIpc) is 3.13. The Kier molecular flexibility index (Phi) is 5.95. The third-order valence-corrected chi connectivity index (χ3v) is 4.54. The lowest BCUT2D eigenvalue weighted by Crippen LogP contribution is -2.34. The van der Waals surface area contributed by atoms with E-state index in [1.165, 1.54) is 25.3 Å². The molecule has 1 unspecified atom stereocenters. The van der Waals surface area contributed by atoms with E-state index in [9.17, 15) is 9.18 Å². The van der Waals surface area contributed by atoms with Gasteiger partial charge in [0, 0.05) is 32.8 Å². The topological polar surface area (TPSA) is 76.8 Å². The first-order valence-electron chi connectivity index (χ1n) is 8.88. The zero-order chi connectivity index (χ0) is 19.4. The third kappa shape index (κ3) is 4.21. The molecular formula is C19H24FN3O4. The van der Waals surface area contributed by atoms with Gasteiger partial charge in [-0.1, -0.05) is 5.16 Å².